The van der Waals surface area contributed by atoms with Crippen LogP contribution in [0.4, 0.5) is 10.1 Å². The number of carbonyl (C=O) groups is 1. The molecule has 5 rings (SSSR count). The molecular weight excluding hydrogens is 443 g/mol. The molecule has 0 bridgehead atoms. The molecule has 0 radical (unpaired) electrons. The molecule has 0 unspecified atom stereocenters. The zero-order valence-corrected chi connectivity index (χ0v) is 18.2. The smallest absolute Gasteiger partial charge is 0.265 e. The van der Waals surface area contributed by atoms with Crippen molar-refractivity contribution in [1.29, 1.82) is 0 Å². The lowest BCUT2D eigenvalue weighted by Crippen LogP contribution is -2.42. The van der Waals surface area contributed by atoms with Crippen molar-refractivity contribution in [3.05, 3.63) is 96.8 Å². The highest BCUT2D eigenvalue weighted by Crippen LogP contribution is 2.42. The van der Waals surface area contributed by atoms with Crippen LogP contribution in [0.1, 0.15) is 5.56 Å². The van der Waals surface area contributed by atoms with E-state index in [2.05, 4.69) is 10.3 Å². The lowest BCUT2D eigenvalue weighted by atomic mass is 10.0. The Labute approximate surface area is 190 Å². The number of amides is 1. The van der Waals surface area contributed by atoms with Crippen LogP contribution < -0.4 is 9.62 Å². The number of nitrogens with zero attached hydrogens (tertiary/aromatic N) is 3. The van der Waals surface area contributed by atoms with Gasteiger partial charge in [-0.05, 0) is 42.0 Å². The van der Waals surface area contributed by atoms with Gasteiger partial charge in [-0.1, -0.05) is 30.3 Å². The molecular formula is C24H19FN4O3S. The summed E-state index contributed by atoms with van der Waals surface area (Å²) in [6.45, 7) is -0.174. The van der Waals surface area contributed by atoms with E-state index in [9.17, 15) is 17.6 Å². The number of carbonyl (C=O) groups excluding carboxylic acids is 1. The van der Waals surface area contributed by atoms with Crippen molar-refractivity contribution in [3.63, 3.8) is 0 Å². The normalized spacial score (nSPS) is 13.8. The monoisotopic (exact) mass is 462 g/mol. The number of halogens is 1. The predicted octanol–water partition coefficient (Wildman–Crippen LogP) is 3.50. The first kappa shape index (κ1) is 20.9. The van der Waals surface area contributed by atoms with E-state index in [1.54, 1.807) is 30.7 Å². The fraction of sp³-hybridized carbons (Fsp3) is 0.0833. The number of rotatable bonds is 5. The van der Waals surface area contributed by atoms with E-state index in [0.717, 1.165) is 15.6 Å². The van der Waals surface area contributed by atoms with Gasteiger partial charge in [-0.25, -0.2) is 17.8 Å². The van der Waals surface area contributed by atoms with Crippen LogP contribution in [0, 0.1) is 5.82 Å². The molecule has 0 atom stereocenters. The molecule has 0 saturated heterocycles. The Bertz CT molecular complexity index is 1440. The summed E-state index contributed by atoms with van der Waals surface area (Å²) in [6.07, 6.45) is 5.21. The fourth-order valence-corrected chi connectivity index (χ4v) is 5.51. The molecule has 33 heavy (non-hydrogen) atoms. The van der Waals surface area contributed by atoms with Crippen molar-refractivity contribution in [3.8, 4) is 16.8 Å². The number of hydrogen-bond acceptors (Lipinski definition) is 4. The zero-order chi connectivity index (χ0) is 23.0. The first-order valence-electron chi connectivity index (χ1n) is 10.2. The fourth-order valence-electron chi connectivity index (χ4n) is 3.86. The molecule has 3 aromatic carbocycles. The Morgan fingerprint density at radius 3 is 2.55 bits per heavy atom. The van der Waals surface area contributed by atoms with Gasteiger partial charge in [0.15, 0.2) is 0 Å². The lowest BCUT2D eigenvalue weighted by Gasteiger charge is -2.31. The summed E-state index contributed by atoms with van der Waals surface area (Å²) in [7, 11) is -3.98. The lowest BCUT2D eigenvalue weighted by molar-refractivity contribution is -0.119. The third-order valence-electron chi connectivity index (χ3n) is 5.49. The summed E-state index contributed by atoms with van der Waals surface area (Å²) in [5.41, 5.74) is 2.92. The molecule has 0 fully saturated rings. The van der Waals surface area contributed by atoms with Gasteiger partial charge in [0.25, 0.3) is 10.0 Å². The van der Waals surface area contributed by atoms with Crippen LogP contribution >= 0.6 is 0 Å². The van der Waals surface area contributed by atoms with E-state index in [-0.39, 0.29) is 17.1 Å². The van der Waals surface area contributed by atoms with E-state index in [1.165, 1.54) is 24.3 Å². The number of nitrogens with one attached hydrogen (secondary N) is 1. The number of sulfonamides is 1. The Kier molecular flexibility index (Phi) is 5.18. The molecule has 4 aromatic rings. The summed E-state index contributed by atoms with van der Waals surface area (Å²) in [4.78, 5) is 16.8. The highest BCUT2D eigenvalue weighted by molar-refractivity contribution is 7.93. The van der Waals surface area contributed by atoms with Gasteiger partial charge < -0.3 is 9.88 Å². The maximum Gasteiger partial charge on any atom is 0.265 e. The van der Waals surface area contributed by atoms with Gasteiger partial charge in [0.2, 0.25) is 5.91 Å². The summed E-state index contributed by atoms with van der Waals surface area (Å²) in [5, 5.41) is 2.77. The molecule has 1 amide bonds. The molecule has 9 heteroatoms. The number of hydrogen-bond donors (Lipinski definition) is 1. The van der Waals surface area contributed by atoms with E-state index < -0.39 is 28.3 Å². The molecule has 166 valence electrons. The van der Waals surface area contributed by atoms with Gasteiger partial charge >= 0.3 is 0 Å². The summed E-state index contributed by atoms with van der Waals surface area (Å²) in [5.74, 6) is -0.946. The standard InChI is InChI=1S/C24H19FN4O3S/c25-18-7-10-22-21(13-18)20-3-1-2-4-23(20)33(31,32)29(22)15-24(30)27-14-17-5-8-19(9-6-17)28-12-11-26-16-28/h1-13,16H,14-15H2,(H,27,30). The number of anilines is 1. The Morgan fingerprint density at radius 1 is 1.00 bits per heavy atom. The number of fused-ring (bicyclic) bond motifs is 3. The van der Waals surface area contributed by atoms with Crippen LogP contribution in [-0.4, -0.2) is 30.4 Å². The van der Waals surface area contributed by atoms with E-state index >= 15 is 0 Å². The third kappa shape index (κ3) is 3.87. The second-order valence-electron chi connectivity index (χ2n) is 7.58. The second kappa shape index (κ2) is 8.18. The Balaban J connectivity index is 1.35. The summed E-state index contributed by atoms with van der Waals surface area (Å²) >= 11 is 0. The van der Waals surface area contributed by atoms with Crippen LogP contribution in [0.25, 0.3) is 16.8 Å². The zero-order valence-electron chi connectivity index (χ0n) is 17.3. The summed E-state index contributed by atoms with van der Waals surface area (Å²) in [6, 6.07) is 17.8. The van der Waals surface area contributed by atoms with Crippen molar-refractivity contribution in [2.75, 3.05) is 10.8 Å². The largest absolute Gasteiger partial charge is 0.350 e. The van der Waals surface area contributed by atoms with E-state index in [1.807, 2.05) is 35.0 Å². The van der Waals surface area contributed by atoms with Crippen LogP contribution in [0.5, 0.6) is 0 Å². The van der Waals surface area contributed by atoms with Crippen LogP contribution in [0.15, 0.2) is 90.3 Å². The topological polar surface area (TPSA) is 84.3 Å². The van der Waals surface area contributed by atoms with Gasteiger partial charge in [0.05, 0.1) is 16.9 Å². The average molecular weight is 463 g/mol. The molecule has 1 N–H and O–H groups in total. The number of aromatic nitrogens is 2. The van der Waals surface area contributed by atoms with Gasteiger partial charge in [-0.3, -0.25) is 9.10 Å². The van der Waals surface area contributed by atoms with Gasteiger partial charge in [-0.15, -0.1) is 0 Å². The van der Waals surface area contributed by atoms with Crippen LogP contribution in [-0.2, 0) is 21.4 Å². The molecule has 0 saturated carbocycles. The minimum absolute atomic E-state index is 0.0472. The Hall–Kier alpha value is -3.98. The molecule has 0 spiro atoms. The highest BCUT2D eigenvalue weighted by atomic mass is 32.2. The second-order valence-corrected chi connectivity index (χ2v) is 9.41. The van der Waals surface area contributed by atoms with Crippen molar-refractivity contribution >= 4 is 21.6 Å². The molecule has 2 heterocycles. The third-order valence-corrected chi connectivity index (χ3v) is 7.31. The molecule has 1 aromatic heterocycles. The molecule has 0 aliphatic carbocycles. The van der Waals surface area contributed by atoms with Crippen molar-refractivity contribution < 1.29 is 17.6 Å². The van der Waals surface area contributed by atoms with Crippen LogP contribution in [0.3, 0.4) is 0 Å². The highest BCUT2D eigenvalue weighted by Gasteiger charge is 2.36. The Morgan fingerprint density at radius 2 is 1.79 bits per heavy atom. The minimum atomic E-state index is -3.98. The first-order valence-corrected chi connectivity index (χ1v) is 11.6. The van der Waals surface area contributed by atoms with Crippen molar-refractivity contribution in [2.45, 2.75) is 11.4 Å². The summed E-state index contributed by atoms with van der Waals surface area (Å²) < 4.78 is 43.4. The number of imidazole rings is 1. The van der Waals surface area contributed by atoms with Gasteiger partial charge in [0.1, 0.15) is 12.4 Å². The minimum Gasteiger partial charge on any atom is -0.350 e. The maximum atomic E-state index is 13.9. The predicted molar refractivity (Wildman–Crippen MR) is 122 cm³/mol. The van der Waals surface area contributed by atoms with Gasteiger partial charge in [-0.2, -0.15) is 0 Å². The molecule has 1 aliphatic rings. The van der Waals surface area contributed by atoms with Crippen LogP contribution in [0.2, 0.25) is 0 Å². The van der Waals surface area contributed by atoms with Crippen molar-refractivity contribution in [2.24, 2.45) is 0 Å². The SMILES string of the molecule is O=C(CN1c2ccc(F)cc2-c2ccccc2S1(=O)=O)NCc1ccc(-n2ccnc2)cc1. The van der Waals surface area contributed by atoms with Crippen molar-refractivity contribution in [1.82, 2.24) is 14.9 Å². The number of benzene rings is 3. The molecule has 7 nitrogen and oxygen atoms in total. The van der Waals surface area contributed by atoms with E-state index in [0.29, 0.717) is 11.1 Å². The quantitative estimate of drug-likeness (QED) is 0.492. The molecule has 1 aliphatic heterocycles. The average Bonchev–Trinajstić information content (AvgIpc) is 3.36. The van der Waals surface area contributed by atoms with E-state index in [4.69, 9.17) is 0 Å². The van der Waals surface area contributed by atoms with Gasteiger partial charge in [0, 0.05) is 35.8 Å². The first-order chi connectivity index (χ1) is 15.9. The maximum absolute atomic E-state index is 13.9.